The largest absolute Gasteiger partial charge is 0.497 e. The molecule has 1 saturated heterocycles. The molecule has 0 bridgehead atoms. The number of anilines is 1. The van der Waals surface area contributed by atoms with E-state index < -0.39 is 9.84 Å². The van der Waals surface area contributed by atoms with Crippen molar-refractivity contribution in [3.63, 3.8) is 0 Å². The summed E-state index contributed by atoms with van der Waals surface area (Å²) in [6, 6.07) is 12.6. The van der Waals surface area contributed by atoms with Crippen LogP contribution >= 0.6 is 0 Å². The van der Waals surface area contributed by atoms with Crippen LogP contribution in [0, 0.1) is 0 Å². The van der Waals surface area contributed by atoms with Gasteiger partial charge in [0.15, 0.2) is 0 Å². The zero-order valence-electron chi connectivity index (χ0n) is 15.1. The average Bonchev–Trinajstić information content (AvgIpc) is 2.83. The van der Waals surface area contributed by atoms with Crippen LogP contribution in [0.1, 0.15) is 24.3 Å². The molecule has 2 aromatic carbocycles. The number of ether oxygens (including phenoxy) is 1. The third kappa shape index (κ3) is 2.77. The predicted molar refractivity (Wildman–Crippen MR) is 102 cm³/mol. The van der Waals surface area contributed by atoms with E-state index >= 15 is 0 Å². The van der Waals surface area contributed by atoms with Crippen molar-refractivity contribution in [1.29, 1.82) is 0 Å². The fraction of sp³-hybridized carbons (Fsp3) is 0.400. The summed E-state index contributed by atoms with van der Waals surface area (Å²) >= 11 is 0. The first kappa shape index (κ1) is 17.4. The molecular formula is C20H24N2O3S. The summed E-state index contributed by atoms with van der Waals surface area (Å²) < 4.78 is 31.3. The number of benzene rings is 2. The number of hydrogen-bond acceptors (Lipinski definition) is 5. The Morgan fingerprint density at radius 3 is 2.46 bits per heavy atom. The van der Waals surface area contributed by atoms with Gasteiger partial charge in [-0.05, 0) is 74.0 Å². The molecule has 1 N–H and O–H groups in total. The third-order valence-electron chi connectivity index (χ3n) is 5.67. The minimum absolute atomic E-state index is 0.295. The number of rotatable bonds is 3. The van der Waals surface area contributed by atoms with Crippen LogP contribution in [0.25, 0.3) is 0 Å². The standard InChI is InChI=1S/C20H24N2O3S/c1-22-19-8-7-16(13-18(19)17-9-11-21-12-10-20(17)22)26(23,24)15-5-3-14(25-2)4-6-15/h3-8,13,17,20-21H,9-12H2,1-2H3/t17-,20+/m0/s1. The minimum atomic E-state index is -3.54. The lowest BCUT2D eigenvalue weighted by atomic mass is 9.91. The second kappa shape index (κ2) is 6.59. The second-order valence-corrected chi connectivity index (χ2v) is 8.96. The molecule has 2 aliphatic heterocycles. The maximum Gasteiger partial charge on any atom is 0.206 e. The van der Waals surface area contributed by atoms with Crippen LogP contribution in [0.3, 0.4) is 0 Å². The van der Waals surface area contributed by atoms with Gasteiger partial charge in [-0.1, -0.05) is 0 Å². The highest BCUT2D eigenvalue weighted by atomic mass is 32.2. The number of hydrogen-bond donors (Lipinski definition) is 1. The van der Waals surface area contributed by atoms with E-state index in [2.05, 4.69) is 17.3 Å². The Morgan fingerprint density at radius 1 is 1.04 bits per heavy atom. The monoisotopic (exact) mass is 372 g/mol. The Bertz CT molecular complexity index is 909. The van der Waals surface area contributed by atoms with E-state index in [9.17, 15) is 8.42 Å². The van der Waals surface area contributed by atoms with E-state index in [-0.39, 0.29) is 0 Å². The van der Waals surface area contributed by atoms with Gasteiger partial charge in [0.05, 0.1) is 16.9 Å². The van der Waals surface area contributed by atoms with Crippen molar-refractivity contribution in [1.82, 2.24) is 5.32 Å². The lowest BCUT2D eigenvalue weighted by molar-refractivity contribution is 0.414. The molecule has 2 aromatic rings. The van der Waals surface area contributed by atoms with Crippen LogP contribution in [0.4, 0.5) is 5.69 Å². The summed E-state index contributed by atoms with van der Waals surface area (Å²) in [5, 5.41) is 3.45. The Balaban J connectivity index is 1.74. The van der Waals surface area contributed by atoms with Crippen molar-refractivity contribution in [2.24, 2.45) is 0 Å². The quantitative estimate of drug-likeness (QED) is 0.898. The predicted octanol–water partition coefficient (Wildman–Crippen LogP) is 2.81. The summed E-state index contributed by atoms with van der Waals surface area (Å²) in [7, 11) is 0.146. The molecule has 2 heterocycles. The highest BCUT2D eigenvalue weighted by Crippen LogP contribution is 2.44. The fourth-order valence-electron chi connectivity index (χ4n) is 4.24. The summed E-state index contributed by atoms with van der Waals surface area (Å²) in [6.07, 6.45) is 2.12. The van der Waals surface area contributed by atoms with Crippen LogP contribution < -0.4 is 15.0 Å². The van der Waals surface area contributed by atoms with E-state index in [1.165, 1.54) is 0 Å². The van der Waals surface area contributed by atoms with E-state index in [1.54, 1.807) is 37.4 Å². The lowest BCUT2D eigenvalue weighted by Gasteiger charge is -2.24. The Kier molecular flexibility index (Phi) is 4.40. The van der Waals surface area contributed by atoms with Crippen LogP contribution in [0.2, 0.25) is 0 Å². The molecule has 0 radical (unpaired) electrons. The zero-order valence-corrected chi connectivity index (χ0v) is 15.9. The minimum Gasteiger partial charge on any atom is -0.497 e. The van der Waals surface area contributed by atoms with Gasteiger partial charge in [-0.3, -0.25) is 0 Å². The molecule has 138 valence electrons. The van der Waals surface area contributed by atoms with Crippen LogP contribution in [-0.2, 0) is 9.84 Å². The molecule has 1 fully saturated rings. The number of fused-ring (bicyclic) bond motifs is 3. The molecule has 6 heteroatoms. The van der Waals surface area contributed by atoms with Gasteiger partial charge in [-0.25, -0.2) is 8.42 Å². The van der Waals surface area contributed by atoms with Crippen molar-refractivity contribution in [2.75, 3.05) is 32.1 Å². The van der Waals surface area contributed by atoms with Crippen LogP contribution in [0.15, 0.2) is 52.3 Å². The zero-order chi connectivity index (χ0) is 18.3. The molecule has 0 aromatic heterocycles. The molecule has 0 aliphatic carbocycles. The maximum atomic E-state index is 13.1. The van der Waals surface area contributed by atoms with Gasteiger partial charge < -0.3 is 15.0 Å². The van der Waals surface area contributed by atoms with Gasteiger partial charge in [0, 0.05) is 24.7 Å². The second-order valence-electron chi connectivity index (χ2n) is 7.01. The van der Waals surface area contributed by atoms with Crippen molar-refractivity contribution in [3.05, 3.63) is 48.0 Å². The fourth-order valence-corrected chi connectivity index (χ4v) is 5.54. The van der Waals surface area contributed by atoms with E-state index in [0.29, 0.717) is 27.5 Å². The van der Waals surface area contributed by atoms with Gasteiger partial charge in [0.25, 0.3) is 0 Å². The smallest absolute Gasteiger partial charge is 0.206 e. The van der Waals surface area contributed by atoms with Crippen molar-refractivity contribution >= 4 is 15.5 Å². The van der Waals surface area contributed by atoms with E-state index in [1.807, 2.05) is 12.1 Å². The van der Waals surface area contributed by atoms with Gasteiger partial charge >= 0.3 is 0 Å². The summed E-state index contributed by atoms with van der Waals surface area (Å²) in [5.74, 6) is 1.03. The first-order valence-corrected chi connectivity index (χ1v) is 10.5. The highest BCUT2D eigenvalue weighted by molar-refractivity contribution is 7.91. The first-order chi connectivity index (χ1) is 12.5. The topological polar surface area (TPSA) is 58.6 Å². The van der Waals surface area contributed by atoms with E-state index in [0.717, 1.165) is 37.2 Å². The normalized spacial score (nSPS) is 22.5. The maximum absolute atomic E-state index is 13.1. The summed E-state index contributed by atoms with van der Waals surface area (Å²) in [4.78, 5) is 2.98. The molecule has 2 aliphatic rings. The molecule has 5 nitrogen and oxygen atoms in total. The number of nitrogens with one attached hydrogen (secondary N) is 1. The van der Waals surface area contributed by atoms with Gasteiger partial charge in [0.1, 0.15) is 5.75 Å². The molecule has 2 atom stereocenters. The number of methoxy groups -OCH3 is 1. The van der Waals surface area contributed by atoms with Crippen molar-refractivity contribution < 1.29 is 13.2 Å². The third-order valence-corrected chi connectivity index (χ3v) is 7.44. The van der Waals surface area contributed by atoms with Crippen molar-refractivity contribution in [3.8, 4) is 5.75 Å². The lowest BCUT2D eigenvalue weighted by Crippen LogP contribution is -2.30. The van der Waals surface area contributed by atoms with E-state index in [4.69, 9.17) is 4.74 Å². The Morgan fingerprint density at radius 2 is 1.73 bits per heavy atom. The van der Waals surface area contributed by atoms with Gasteiger partial charge in [0.2, 0.25) is 9.84 Å². The summed E-state index contributed by atoms with van der Waals surface area (Å²) in [5.41, 5.74) is 2.33. The molecular weight excluding hydrogens is 348 g/mol. The Labute approximate surface area is 154 Å². The van der Waals surface area contributed by atoms with Crippen LogP contribution in [0.5, 0.6) is 5.75 Å². The van der Waals surface area contributed by atoms with Crippen molar-refractivity contribution in [2.45, 2.75) is 34.6 Å². The first-order valence-electron chi connectivity index (χ1n) is 8.99. The SMILES string of the molecule is COc1ccc(S(=O)(=O)c2ccc3c(c2)[C@@H]2CCNCC[C@H]2N3C)cc1. The highest BCUT2D eigenvalue weighted by Gasteiger charge is 2.37. The molecule has 0 spiro atoms. The Hall–Kier alpha value is -2.05. The molecule has 26 heavy (non-hydrogen) atoms. The van der Waals surface area contributed by atoms with Gasteiger partial charge in [-0.2, -0.15) is 0 Å². The number of likely N-dealkylation sites (N-methyl/N-ethyl adjacent to an activating group) is 1. The average molecular weight is 372 g/mol. The van der Waals surface area contributed by atoms with Gasteiger partial charge in [-0.15, -0.1) is 0 Å². The molecule has 0 saturated carbocycles. The molecule has 0 amide bonds. The molecule has 0 unspecified atom stereocenters. The van der Waals surface area contributed by atoms with Crippen LogP contribution in [-0.4, -0.2) is 41.7 Å². The number of sulfone groups is 1. The molecule has 4 rings (SSSR count). The summed E-state index contributed by atoms with van der Waals surface area (Å²) in [6.45, 7) is 1.99. The number of nitrogens with zero attached hydrogens (tertiary/aromatic N) is 1.